The van der Waals surface area contributed by atoms with E-state index in [0.717, 1.165) is 51.6 Å². The summed E-state index contributed by atoms with van der Waals surface area (Å²) in [4.78, 5) is 0. The third-order valence-corrected chi connectivity index (χ3v) is 6.94. The Labute approximate surface area is 130 Å². The highest BCUT2D eigenvalue weighted by Crippen LogP contribution is 2.28. The van der Waals surface area contributed by atoms with E-state index in [0.29, 0.717) is 25.6 Å². The molecule has 124 valence electrons. The maximum Gasteiger partial charge on any atom is 0.282 e. The summed E-state index contributed by atoms with van der Waals surface area (Å²) < 4.78 is 29.0. The van der Waals surface area contributed by atoms with E-state index in [1.165, 1.54) is 0 Å². The molecule has 2 aliphatic rings. The van der Waals surface area contributed by atoms with E-state index >= 15 is 0 Å². The van der Waals surface area contributed by atoms with Crippen molar-refractivity contribution in [3.05, 3.63) is 0 Å². The van der Waals surface area contributed by atoms with Crippen LogP contribution in [0, 0.1) is 5.92 Å². The minimum Gasteiger partial charge on any atom is -0.316 e. The van der Waals surface area contributed by atoms with Gasteiger partial charge in [-0.1, -0.05) is 13.8 Å². The molecule has 1 N–H and O–H groups in total. The van der Waals surface area contributed by atoms with Crippen LogP contribution in [0.3, 0.4) is 0 Å². The van der Waals surface area contributed by atoms with E-state index < -0.39 is 10.2 Å². The van der Waals surface area contributed by atoms with Gasteiger partial charge < -0.3 is 5.32 Å². The molecule has 0 bridgehead atoms. The molecule has 0 radical (unpaired) electrons. The predicted molar refractivity (Wildman–Crippen MR) is 86.4 cm³/mol. The Balaban J connectivity index is 1.86. The van der Waals surface area contributed by atoms with E-state index in [-0.39, 0.29) is 6.04 Å². The van der Waals surface area contributed by atoms with E-state index in [1.54, 1.807) is 8.61 Å². The number of rotatable bonds is 7. The van der Waals surface area contributed by atoms with Crippen molar-refractivity contribution in [2.24, 2.45) is 5.92 Å². The monoisotopic (exact) mass is 317 g/mol. The smallest absolute Gasteiger partial charge is 0.282 e. The molecule has 0 aromatic heterocycles. The van der Waals surface area contributed by atoms with Crippen molar-refractivity contribution < 1.29 is 8.42 Å². The zero-order chi connectivity index (χ0) is 15.3. The van der Waals surface area contributed by atoms with Gasteiger partial charge in [0, 0.05) is 25.7 Å². The van der Waals surface area contributed by atoms with E-state index in [2.05, 4.69) is 19.2 Å². The highest BCUT2D eigenvalue weighted by Gasteiger charge is 2.38. The van der Waals surface area contributed by atoms with Crippen LogP contribution in [0.1, 0.15) is 52.4 Å². The van der Waals surface area contributed by atoms with Crippen LogP contribution in [-0.4, -0.2) is 55.8 Å². The average Bonchev–Trinajstić information content (AvgIpc) is 2.97. The minimum absolute atomic E-state index is 0.221. The lowest BCUT2D eigenvalue weighted by Crippen LogP contribution is -2.49. The highest BCUT2D eigenvalue weighted by molar-refractivity contribution is 7.86. The number of nitrogens with one attached hydrogen (secondary N) is 1. The Hall–Kier alpha value is -0.170. The first kappa shape index (κ1) is 17.2. The van der Waals surface area contributed by atoms with Gasteiger partial charge in [0.25, 0.3) is 10.2 Å². The number of piperidine rings is 1. The maximum atomic E-state index is 12.8. The van der Waals surface area contributed by atoms with Crippen molar-refractivity contribution in [3.8, 4) is 0 Å². The first-order valence-electron chi connectivity index (χ1n) is 8.57. The molecule has 2 fully saturated rings. The van der Waals surface area contributed by atoms with Crippen LogP contribution in [0.15, 0.2) is 0 Å². The molecule has 1 atom stereocenters. The van der Waals surface area contributed by atoms with Gasteiger partial charge in [-0.3, -0.25) is 0 Å². The number of hydrogen-bond acceptors (Lipinski definition) is 3. The van der Waals surface area contributed by atoms with Crippen molar-refractivity contribution in [1.82, 2.24) is 13.9 Å². The lowest BCUT2D eigenvalue weighted by Gasteiger charge is -2.35. The zero-order valence-electron chi connectivity index (χ0n) is 13.6. The Bertz CT molecular complexity index is 405. The van der Waals surface area contributed by atoms with Gasteiger partial charge in [0.2, 0.25) is 0 Å². The first-order chi connectivity index (χ1) is 10.1. The second-order valence-corrected chi connectivity index (χ2v) is 8.25. The number of hydrogen-bond donors (Lipinski definition) is 1. The minimum atomic E-state index is -3.23. The molecule has 0 spiro atoms. The predicted octanol–water partition coefficient (Wildman–Crippen LogP) is 1.82. The summed E-state index contributed by atoms with van der Waals surface area (Å²) in [5.74, 6) is 0.628. The third kappa shape index (κ3) is 4.18. The molecule has 6 heteroatoms. The Morgan fingerprint density at radius 3 is 2.43 bits per heavy atom. The third-order valence-electron chi connectivity index (χ3n) is 4.85. The van der Waals surface area contributed by atoms with E-state index in [1.807, 2.05) is 0 Å². The molecule has 5 nitrogen and oxygen atoms in total. The van der Waals surface area contributed by atoms with Crippen LogP contribution in [0.4, 0.5) is 0 Å². The summed E-state index contributed by atoms with van der Waals surface area (Å²) in [6.07, 6.45) is 6.08. The van der Waals surface area contributed by atoms with Crippen LogP contribution in [0.25, 0.3) is 0 Å². The van der Waals surface area contributed by atoms with Crippen LogP contribution in [0.2, 0.25) is 0 Å². The van der Waals surface area contributed by atoms with Crippen molar-refractivity contribution in [2.75, 3.05) is 32.7 Å². The molecule has 1 unspecified atom stereocenters. The van der Waals surface area contributed by atoms with Gasteiger partial charge in [-0.2, -0.15) is 17.0 Å². The van der Waals surface area contributed by atoms with Crippen LogP contribution in [0.5, 0.6) is 0 Å². The Morgan fingerprint density at radius 1 is 1.10 bits per heavy atom. The van der Waals surface area contributed by atoms with Crippen LogP contribution >= 0.6 is 0 Å². The van der Waals surface area contributed by atoms with Crippen molar-refractivity contribution >= 4 is 10.2 Å². The largest absolute Gasteiger partial charge is 0.316 e. The van der Waals surface area contributed by atoms with Gasteiger partial charge in [-0.15, -0.1) is 0 Å². The lowest BCUT2D eigenvalue weighted by molar-refractivity contribution is 0.245. The topological polar surface area (TPSA) is 52.7 Å². The SMILES string of the molecule is CCCNCC1CCN(S(=O)(=O)N2CCCC2CC)CC1. The van der Waals surface area contributed by atoms with Crippen molar-refractivity contribution in [3.63, 3.8) is 0 Å². The summed E-state index contributed by atoms with van der Waals surface area (Å²) >= 11 is 0. The fourth-order valence-corrected chi connectivity index (χ4v) is 5.46. The second kappa shape index (κ2) is 7.90. The highest BCUT2D eigenvalue weighted by atomic mass is 32.2. The molecule has 2 rings (SSSR count). The summed E-state index contributed by atoms with van der Waals surface area (Å²) in [6.45, 7) is 8.43. The van der Waals surface area contributed by atoms with Gasteiger partial charge in [0.05, 0.1) is 0 Å². The summed E-state index contributed by atoms with van der Waals surface area (Å²) in [5, 5.41) is 3.45. The van der Waals surface area contributed by atoms with E-state index in [9.17, 15) is 8.42 Å². The fraction of sp³-hybridized carbons (Fsp3) is 1.00. The molecule has 0 aliphatic carbocycles. The number of nitrogens with zero attached hydrogens (tertiary/aromatic N) is 2. The average molecular weight is 317 g/mol. The molecule has 21 heavy (non-hydrogen) atoms. The Kier molecular flexibility index (Phi) is 6.47. The van der Waals surface area contributed by atoms with Crippen LogP contribution < -0.4 is 5.32 Å². The van der Waals surface area contributed by atoms with Gasteiger partial charge >= 0.3 is 0 Å². The molecular weight excluding hydrogens is 286 g/mol. The molecule has 2 aliphatic heterocycles. The normalized spacial score (nSPS) is 26.5. The quantitative estimate of drug-likeness (QED) is 0.729. The van der Waals surface area contributed by atoms with Crippen molar-refractivity contribution in [1.29, 1.82) is 0 Å². The second-order valence-electron chi connectivity index (χ2n) is 6.37. The fourth-order valence-electron chi connectivity index (χ4n) is 3.50. The standard InChI is InChI=1S/C15H31N3O2S/c1-3-9-16-13-14-7-11-17(12-8-14)21(19,20)18-10-5-6-15(18)4-2/h14-16H,3-13H2,1-2H3. The first-order valence-corrected chi connectivity index (χ1v) is 9.96. The Morgan fingerprint density at radius 2 is 1.81 bits per heavy atom. The summed E-state index contributed by atoms with van der Waals surface area (Å²) in [6, 6.07) is 0.221. The molecule has 2 saturated heterocycles. The maximum absolute atomic E-state index is 12.8. The lowest BCUT2D eigenvalue weighted by atomic mass is 9.98. The molecule has 2 heterocycles. The van der Waals surface area contributed by atoms with Gasteiger partial charge in [0.1, 0.15) is 0 Å². The van der Waals surface area contributed by atoms with Gasteiger partial charge in [-0.05, 0) is 57.5 Å². The van der Waals surface area contributed by atoms with Gasteiger partial charge in [-0.25, -0.2) is 0 Å². The molecule has 0 aromatic rings. The summed E-state index contributed by atoms with van der Waals surface area (Å²) in [7, 11) is -3.23. The molecule has 0 saturated carbocycles. The molecular formula is C15H31N3O2S. The summed E-state index contributed by atoms with van der Waals surface area (Å²) in [5.41, 5.74) is 0. The van der Waals surface area contributed by atoms with Crippen molar-refractivity contribution in [2.45, 2.75) is 58.4 Å². The van der Waals surface area contributed by atoms with Gasteiger partial charge in [0.15, 0.2) is 0 Å². The molecule has 0 aromatic carbocycles. The van der Waals surface area contributed by atoms with Crippen LogP contribution in [-0.2, 0) is 10.2 Å². The zero-order valence-corrected chi connectivity index (χ0v) is 14.4. The molecule has 0 amide bonds. The van der Waals surface area contributed by atoms with E-state index in [4.69, 9.17) is 0 Å².